The Morgan fingerprint density at radius 3 is 2.00 bits per heavy atom. The molecule has 0 aromatic heterocycles. The molecule has 3 nitrogen and oxygen atoms in total. The van der Waals surface area contributed by atoms with Crippen molar-refractivity contribution in [2.24, 2.45) is 5.73 Å². The van der Waals surface area contributed by atoms with Crippen molar-refractivity contribution in [1.29, 1.82) is 0 Å². The maximum atomic E-state index is 6.11. The van der Waals surface area contributed by atoms with E-state index in [0.717, 1.165) is 19.7 Å². The van der Waals surface area contributed by atoms with E-state index in [9.17, 15) is 0 Å². The third-order valence-corrected chi connectivity index (χ3v) is 3.70. The third kappa shape index (κ3) is 4.57. The van der Waals surface area contributed by atoms with E-state index in [2.05, 4.69) is 32.6 Å². The lowest BCUT2D eigenvalue weighted by Gasteiger charge is -2.46. The van der Waals surface area contributed by atoms with E-state index in [1.807, 2.05) is 0 Å². The molecule has 3 heteroatoms. The number of likely N-dealkylation sites (N-methyl/N-ethyl adjacent to an activating group) is 1. The first-order valence-electron chi connectivity index (χ1n) is 7.07. The molecule has 0 aromatic rings. The Labute approximate surface area is 108 Å². The average Bonchev–Trinajstić information content (AvgIpc) is 2.30. The van der Waals surface area contributed by atoms with Gasteiger partial charge in [0.1, 0.15) is 0 Å². The smallest absolute Gasteiger partial charge is 0.0615 e. The van der Waals surface area contributed by atoms with Gasteiger partial charge in [-0.15, -0.1) is 0 Å². The number of hydrogen-bond donors (Lipinski definition) is 1. The first kappa shape index (κ1) is 16.9. The topological polar surface area (TPSA) is 38.5 Å². The minimum absolute atomic E-state index is 0.163. The van der Waals surface area contributed by atoms with E-state index in [1.54, 1.807) is 7.11 Å². The van der Waals surface area contributed by atoms with Gasteiger partial charge in [-0.1, -0.05) is 33.6 Å². The zero-order valence-corrected chi connectivity index (χ0v) is 12.5. The molecule has 104 valence electrons. The van der Waals surface area contributed by atoms with Crippen molar-refractivity contribution in [2.45, 2.75) is 65.0 Å². The predicted molar refractivity (Wildman–Crippen MR) is 75.3 cm³/mol. The van der Waals surface area contributed by atoms with Crippen LogP contribution in [0.5, 0.6) is 0 Å². The highest BCUT2D eigenvalue weighted by Gasteiger charge is 2.35. The average molecular weight is 244 g/mol. The molecular formula is C14H32N2O. The molecule has 0 radical (unpaired) electrons. The lowest BCUT2D eigenvalue weighted by atomic mass is 9.85. The fraction of sp³-hybridized carbons (Fsp3) is 1.00. The maximum absolute atomic E-state index is 6.11. The van der Waals surface area contributed by atoms with Crippen molar-refractivity contribution in [3.05, 3.63) is 0 Å². The minimum atomic E-state index is 0.163. The number of nitrogens with two attached hydrogens (primary N) is 1. The van der Waals surface area contributed by atoms with Crippen LogP contribution in [0.2, 0.25) is 0 Å². The van der Waals surface area contributed by atoms with Gasteiger partial charge in [0.05, 0.1) is 6.61 Å². The molecule has 0 bridgehead atoms. The van der Waals surface area contributed by atoms with Crippen molar-refractivity contribution in [2.75, 3.05) is 26.8 Å². The molecule has 0 amide bonds. The fourth-order valence-electron chi connectivity index (χ4n) is 3.11. The van der Waals surface area contributed by atoms with Crippen LogP contribution in [0, 0.1) is 0 Å². The van der Waals surface area contributed by atoms with Crippen LogP contribution in [0.25, 0.3) is 0 Å². The number of nitrogens with zero attached hydrogens (tertiary/aromatic N) is 1. The molecule has 0 saturated heterocycles. The molecule has 1 unspecified atom stereocenters. The highest BCUT2D eigenvalue weighted by atomic mass is 16.5. The van der Waals surface area contributed by atoms with Gasteiger partial charge in [-0.2, -0.15) is 0 Å². The van der Waals surface area contributed by atoms with Gasteiger partial charge < -0.3 is 10.5 Å². The van der Waals surface area contributed by atoms with Crippen molar-refractivity contribution in [3.63, 3.8) is 0 Å². The Morgan fingerprint density at radius 2 is 1.71 bits per heavy atom. The Bertz CT molecular complexity index is 179. The third-order valence-electron chi connectivity index (χ3n) is 3.70. The van der Waals surface area contributed by atoms with Crippen molar-refractivity contribution in [3.8, 4) is 0 Å². The molecule has 1 atom stereocenters. The zero-order valence-electron chi connectivity index (χ0n) is 12.5. The van der Waals surface area contributed by atoms with Gasteiger partial charge in [-0.25, -0.2) is 0 Å². The molecule has 0 rings (SSSR count). The number of hydrogen-bond acceptors (Lipinski definition) is 3. The molecule has 0 aromatic carbocycles. The Morgan fingerprint density at radius 1 is 1.18 bits per heavy atom. The van der Waals surface area contributed by atoms with Crippen molar-refractivity contribution in [1.82, 2.24) is 4.90 Å². The van der Waals surface area contributed by atoms with Gasteiger partial charge >= 0.3 is 0 Å². The molecule has 0 aliphatic rings. The Kier molecular flexibility index (Phi) is 8.83. The van der Waals surface area contributed by atoms with Crippen LogP contribution in [-0.2, 0) is 4.74 Å². The van der Waals surface area contributed by atoms with Gasteiger partial charge in [0.2, 0.25) is 0 Å². The zero-order chi connectivity index (χ0) is 13.3. The lowest BCUT2D eigenvalue weighted by Crippen LogP contribution is -2.58. The van der Waals surface area contributed by atoms with Crippen LogP contribution < -0.4 is 5.73 Å². The van der Waals surface area contributed by atoms with Crippen LogP contribution in [0.3, 0.4) is 0 Å². The second-order valence-corrected chi connectivity index (χ2v) is 5.02. The molecule has 0 spiro atoms. The van der Waals surface area contributed by atoms with Gasteiger partial charge in [0, 0.05) is 25.2 Å². The summed E-state index contributed by atoms with van der Waals surface area (Å²) in [6.45, 7) is 11.5. The molecule has 0 heterocycles. The molecule has 0 aliphatic carbocycles. The van der Waals surface area contributed by atoms with Gasteiger partial charge in [-0.05, 0) is 26.3 Å². The summed E-state index contributed by atoms with van der Waals surface area (Å²) in [5, 5.41) is 0. The number of rotatable bonds is 10. The molecule has 17 heavy (non-hydrogen) atoms. The SMILES string of the molecule is CCCC(CN)(CCC)N(CC)C(C)COC. The van der Waals surface area contributed by atoms with Crippen molar-refractivity contribution >= 4 is 0 Å². The maximum Gasteiger partial charge on any atom is 0.0615 e. The predicted octanol–water partition coefficient (Wildman–Crippen LogP) is 2.64. The van der Waals surface area contributed by atoms with Gasteiger partial charge in [0.25, 0.3) is 0 Å². The van der Waals surface area contributed by atoms with E-state index in [4.69, 9.17) is 10.5 Å². The summed E-state index contributed by atoms with van der Waals surface area (Å²) in [6.07, 6.45) is 4.74. The summed E-state index contributed by atoms with van der Waals surface area (Å²) in [6, 6.07) is 0.437. The molecule has 0 aliphatic heterocycles. The number of methoxy groups -OCH3 is 1. The summed E-state index contributed by atoms with van der Waals surface area (Å²) in [7, 11) is 1.77. The first-order chi connectivity index (χ1) is 8.11. The molecule has 0 saturated carbocycles. The Balaban J connectivity index is 4.92. The largest absolute Gasteiger partial charge is 0.383 e. The van der Waals surface area contributed by atoms with E-state index in [-0.39, 0.29) is 5.54 Å². The highest BCUT2D eigenvalue weighted by Crippen LogP contribution is 2.28. The van der Waals surface area contributed by atoms with Crippen LogP contribution in [0.1, 0.15) is 53.4 Å². The quantitative estimate of drug-likeness (QED) is 0.642. The van der Waals surface area contributed by atoms with Crippen LogP contribution in [0.15, 0.2) is 0 Å². The summed E-state index contributed by atoms with van der Waals surface area (Å²) in [5.74, 6) is 0. The summed E-state index contributed by atoms with van der Waals surface area (Å²) in [5.41, 5.74) is 6.27. The van der Waals surface area contributed by atoms with E-state index in [0.29, 0.717) is 6.04 Å². The minimum Gasteiger partial charge on any atom is -0.383 e. The standard InChI is InChI=1S/C14H32N2O/c1-6-9-14(12-15,10-7-2)16(8-3)13(4)11-17-5/h13H,6-12,15H2,1-5H3. The lowest BCUT2D eigenvalue weighted by molar-refractivity contribution is 0.00909. The van der Waals surface area contributed by atoms with E-state index in [1.165, 1.54) is 25.7 Å². The van der Waals surface area contributed by atoms with Crippen LogP contribution in [-0.4, -0.2) is 43.3 Å². The fourth-order valence-corrected chi connectivity index (χ4v) is 3.11. The normalized spacial score (nSPS) is 14.3. The Hall–Kier alpha value is -0.120. The molecule has 0 fully saturated rings. The number of ether oxygens (including phenoxy) is 1. The molecular weight excluding hydrogens is 212 g/mol. The second-order valence-electron chi connectivity index (χ2n) is 5.02. The highest BCUT2D eigenvalue weighted by molar-refractivity contribution is 4.93. The second kappa shape index (κ2) is 8.90. The monoisotopic (exact) mass is 244 g/mol. The summed E-state index contributed by atoms with van der Waals surface area (Å²) in [4.78, 5) is 2.55. The summed E-state index contributed by atoms with van der Waals surface area (Å²) < 4.78 is 5.30. The van der Waals surface area contributed by atoms with E-state index < -0.39 is 0 Å². The van der Waals surface area contributed by atoms with Gasteiger partial charge in [0.15, 0.2) is 0 Å². The van der Waals surface area contributed by atoms with Crippen molar-refractivity contribution < 1.29 is 4.74 Å². The van der Waals surface area contributed by atoms with Crippen LogP contribution in [0.4, 0.5) is 0 Å². The van der Waals surface area contributed by atoms with E-state index >= 15 is 0 Å². The van der Waals surface area contributed by atoms with Gasteiger partial charge in [-0.3, -0.25) is 4.90 Å². The molecule has 2 N–H and O–H groups in total. The first-order valence-corrected chi connectivity index (χ1v) is 7.07. The summed E-state index contributed by atoms with van der Waals surface area (Å²) >= 11 is 0. The van der Waals surface area contributed by atoms with Crippen LogP contribution >= 0.6 is 0 Å².